The predicted octanol–water partition coefficient (Wildman–Crippen LogP) is 17.9. The molecule has 0 saturated heterocycles. The summed E-state index contributed by atoms with van der Waals surface area (Å²) in [5.41, 5.74) is 14.6. The minimum atomic E-state index is -2.90. The molecular weight excluding hydrogens is 951 g/mol. The molecule has 2 aliphatic carbocycles. The van der Waals surface area contributed by atoms with Crippen LogP contribution in [-0.4, -0.2) is 53.0 Å². The second-order valence-corrected chi connectivity index (χ2v) is 19.3. The van der Waals surface area contributed by atoms with Gasteiger partial charge in [0, 0.05) is 31.2 Å². The van der Waals surface area contributed by atoms with E-state index in [2.05, 4.69) is 41.2 Å². The van der Waals surface area contributed by atoms with Gasteiger partial charge in [0.2, 0.25) is 10.0 Å². The molecule has 4 aromatic rings. The number of fused-ring (bicyclic) bond motifs is 2. The molecule has 0 aliphatic heterocycles. The van der Waals surface area contributed by atoms with E-state index in [1.807, 2.05) is 123 Å². The van der Waals surface area contributed by atoms with Gasteiger partial charge >= 0.3 is 0 Å². The molecule has 4 aromatic carbocycles. The fraction of sp³-hybridized carbons (Fsp3) is 0.586. The Morgan fingerprint density at radius 3 is 1.01 bits per heavy atom. The topological polar surface area (TPSA) is 168 Å². The average Bonchev–Trinajstić information content (AvgIpc) is 3.37. The van der Waals surface area contributed by atoms with Gasteiger partial charge in [-0.3, -0.25) is 0 Å². The number of benzene rings is 4. The van der Waals surface area contributed by atoms with E-state index in [1.54, 1.807) is 19.1 Å². The van der Waals surface area contributed by atoms with Crippen LogP contribution < -0.4 is 0 Å². The van der Waals surface area contributed by atoms with Crippen molar-refractivity contribution in [1.82, 2.24) is 4.31 Å². The maximum Gasteiger partial charge on any atom is 0.213 e. The number of phenolic OH excluding ortho intramolecular Hbond substituents is 4. The summed E-state index contributed by atoms with van der Waals surface area (Å²) < 4.78 is 22.5. The van der Waals surface area contributed by atoms with Crippen LogP contribution in [0, 0.1) is 61.3 Å². The number of nitrogens with zero attached hydrogens (tertiary/aromatic N) is 5. The molecule has 0 aromatic heterocycles. The number of sulfonamides is 1. The Kier molecular flexibility index (Phi) is 38.6. The number of aromatic hydroxyl groups is 4. The molecule has 4 N–H and O–H groups in total. The van der Waals surface area contributed by atoms with Crippen molar-refractivity contribution in [3.8, 4) is 23.0 Å². The molecule has 0 atom stereocenters. The first-order valence-electron chi connectivity index (χ1n) is 25.6. The largest absolute Gasteiger partial charge is 0.506 e. The van der Waals surface area contributed by atoms with Crippen molar-refractivity contribution in [2.75, 3.05) is 19.8 Å². The first kappa shape index (κ1) is 73.2. The zero-order valence-corrected chi connectivity index (χ0v) is 49.5. The first-order chi connectivity index (χ1) is 32.6. The molecule has 406 valence electrons. The van der Waals surface area contributed by atoms with Gasteiger partial charge in [-0.1, -0.05) is 102 Å². The number of aryl methyl sites for hydroxylation is 2. The van der Waals surface area contributed by atoms with Crippen LogP contribution in [0.15, 0.2) is 44.7 Å². The van der Waals surface area contributed by atoms with Crippen molar-refractivity contribution in [2.45, 2.75) is 204 Å². The normalized spacial score (nSPS) is 12.0. The van der Waals surface area contributed by atoms with Crippen LogP contribution in [0.5, 0.6) is 23.0 Å². The van der Waals surface area contributed by atoms with Gasteiger partial charge in [-0.25, -0.2) is 12.7 Å². The van der Waals surface area contributed by atoms with E-state index in [0.29, 0.717) is 22.7 Å². The van der Waals surface area contributed by atoms with Crippen LogP contribution in [0.3, 0.4) is 0 Å². The van der Waals surface area contributed by atoms with Crippen molar-refractivity contribution >= 4 is 32.8 Å². The smallest absolute Gasteiger partial charge is 0.213 e. The molecule has 0 spiro atoms. The van der Waals surface area contributed by atoms with E-state index >= 15 is 0 Å². The SMILES string of the molecule is C.CC.CC.CC.CC.CCC(C)C.CCS(=O)(=O)N(C)C.Cc1c(C)c(C)c(N=Nc2c(O)ccc3c2CCCC3)c(O)c1C.Cc1c(C)c(C)c(N=Nc2c(O)ccc3c2CCCC3)c(O)c1C.[Fe]. The Hall–Kier alpha value is -4.29. The van der Waals surface area contributed by atoms with E-state index in [4.69, 9.17) is 0 Å². The van der Waals surface area contributed by atoms with Gasteiger partial charge in [0.15, 0.2) is 0 Å². The standard InChI is InChI=1S/2C20H24N2O2.C5H12.C4H11NO2S.4C2H6.CH4.Fe/c2*1-11-12(2)14(4)20(24)18(13(11)3)21-22-19-16-8-6-5-7-15(16)9-10-17(19)23;1-4-5(2)3;1-4-8(6,7)5(2)3;4*1-2;;/h2*9-10,23-24H,5-8H2,1-4H3;5H,4H2,1-3H3;4H2,1-3H3;4*1-2H3;1H4;. The Morgan fingerprint density at radius 1 is 0.493 bits per heavy atom. The number of hydrogen-bond acceptors (Lipinski definition) is 10. The van der Waals surface area contributed by atoms with Crippen LogP contribution in [0.2, 0.25) is 0 Å². The number of hydrogen-bond donors (Lipinski definition) is 4. The number of phenols is 4. The van der Waals surface area contributed by atoms with E-state index < -0.39 is 10.0 Å². The third kappa shape index (κ3) is 21.0. The number of rotatable bonds is 7. The molecule has 0 unspecified atom stereocenters. The van der Waals surface area contributed by atoms with Crippen molar-refractivity contribution in [3.63, 3.8) is 0 Å². The van der Waals surface area contributed by atoms with E-state index in [-0.39, 0.29) is 53.2 Å². The third-order valence-electron chi connectivity index (χ3n) is 12.4. The van der Waals surface area contributed by atoms with Gasteiger partial charge in [-0.2, -0.15) is 0 Å². The summed E-state index contributed by atoms with van der Waals surface area (Å²) in [6.45, 7) is 40.0. The van der Waals surface area contributed by atoms with Gasteiger partial charge in [-0.15, -0.1) is 20.5 Å². The fourth-order valence-corrected chi connectivity index (χ4v) is 7.58. The maximum absolute atomic E-state index is 10.6. The second kappa shape index (κ2) is 37.5. The minimum absolute atomic E-state index is 0. The Labute approximate surface area is 444 Å². The predicted molar refractivity (Wildman–Crippen MR) is 302 cm³/mol. The molecule has 0 saturated carbocycles. The van der Waals surface area contributed by atoms with Gasteiger partial charge in [0.05, 0.1) is 5.75 Å². The quantitative estimate of drug-likeness (QED) is 0.106. The summed E-state index contributed by atoms with van der Waals surface area (Å²) in [5, 5.41) is 58.7. The zero-order valence-electron chi connectivity index (χ0n) is 47.6. The van der Waals surface area contributed by atoms with Gasteiger partial charge in [-0.05, 0) is 198 Å². The van der Waals surface area contributed by atoms with Crippen molar-refractivity contribution in [2.24, 2.45) is 26.4 Å². The average molecular weight is 1050 g/mol. The monoisotopic (exact) mass is 1050 g/mol. The summed E-state index contributed by atoms with van der Waals surface area (Å²) in [5.74, 6) is 1.71. The number of azo groups is 2. The van der Waals surface area contributed by atoms with Gasteiger partial charge in [0.1, 0.15) is 45.7 Å². The van der Waals surface area contributed by atoms with Crippen molar-refractivity contribution < 1.29 is 45.9 Å². The van der Waals surface area contributed by atoms with Crippen molar-refractivity contribution in [3.05, 3.63) is 91.0 Å². The molecular formula is C58H99FeN5O6S. The molecule has 0 bridgehead atoms. The molecule has 2 aliphatic rings. The van der Waals surface area contributed by atoms with E-state index in [0.717, 1.165) is 100 Å². The van der Waals surface area contributed by atoms with Gasteiger partial charge < -0.3 is 20.4 Å². The second-order valence-electron chi connectivity index (χ2n) is 16.8. The molecule has 0 radical (unpaired) electrons. The zero-order chi connectivity index (χ0) is 53.9. The molecule has 0 heterocycles. The minimum Gasteiger partial charge on any atom is -0.506 e. The molecule has 71 heavy (non-hydrogen) atoms. The summed E-state index contributed by atoms with van der Waals surface area (Å²) >= 11 is 0. The van der Waals surface area contributed by atoms with E-state index in [9.17, 15) is 28.8 Å². The molecule has 11 nitrogen and oxygen atoms in total. The first-order valence-corrected chi connectivity index (χ1v) is 27.2. The van der Waals surface area contributed by atoms with Crippen LogP contribution in [0.4, 0.5) is 22.7 Å². The van der Waals surface area contributed by atoms with E-state index in [1.165, 1.54) is 48.8 Å². The summed E-state index contributed by atoms with van der Waals surface area (Å²) in [7, 11) is 0.150. The molecule has 0 amide bonds. The maximum atomic E-state index is 10.6. The molecule has 0 fully saturated rings. The van der Waals surface area contributed by atoms with Crippen LogP contribution in [0.25, 0.3) is 0 Å². The van der Waals surface area contributed by atoms with Crippen LogP contribution >= 0.6 is 0 Å². The van der Waals surface area contributed by atoms with Crippen LogP contribution in [0.1, 0.15) is 189 Å². The Balaban J connectivity index is -0.000000448. The van der Waals surface area contributed by atoms with Gasteiger partial charge in [0.25, 0.3) is 0 Å². The fourth-order valence-electron chi connectivity index (χ4n) is 7.06. The third-order valence-corrected chi connectivity index (χ3v) is 14.3. The molecule has 13 heteroatoms. The summed E-state index contributed by atoms with van der Waals surface area (Å²) in [6.07, 6.45) is 9.72. The summed E-state index contributed by atoms with van der Waals surface area (Å²) in [4.78, 5) is 0. The summed E-state index contributed by atoms with van der Waals surface area (Å²) in [6, 6.07) is 7.34. The van der Waals surface area contributed by atoms with Crippen molar-refractivity contribution in [1.29, 1.82) is 0 Å². The van der Waals surface area contributed by atoms with Crippen LogP contribution in [-0.2, 0) is 52.8 Å². The Morgan fingerprint density at radius 2 is 0.761 bits per heavy atom. The molecule has 6 rings (SSSR count). The Bertz CT molecular complexity index is 2160.